The maximum atomic E-state index is 11.4. The molecular weight excluding hydrogens is 188 g/mol. The molecule has 0 radical (unpaired) electrons. The predicted molar refractivity (Wildman–Crippen MR) is 61.6 cm³/mol. The average Bonchev–Trinajstić information content (AvgIpc) is 2.17. The monoisotopic (exact) mass is 210 g/mol. The molecule has 0 heterocycles. The molecule has 1 unspecified atom stereocenters. The number of methoxy groups -OCH3 is 1. The summed E-state index contributed by atoms with van der Waals surface area (Å²) in [6.07, 6.45) is 5.28. The Labute approximate surface area is 92.7 Å². The van der Waals surface area contributed by atoms with Crippen molar-refractivity contribution in [2.24, 2.45) is 5.41 Å². The van der Waals surface area contributed by atoms with Gasteiger partial charge in [-0.05, 0) is 38.5 Å². The van der Waals surface area contributed by atoms with Crippen molar-refractivity contribution in [2.45, 2.75) is 52.9 Å². The number of esters is 1. The highest BCUT2D eigenvalue weighted by Gasteiger charge is 2.34. The Morgan fingerprint density at radius 3 is 2.60 bits per heavy atom. The van der Waals surface area contributed by atoms with Crippen molar-refractivity contribution in [2.75, 3.05) is 7.11 Å². The lowest BCUT2D eigenvalue weighted by Gasteiger charge is -2.37. The standard InChI is InChI=1S/C13H22O2/c1-10(2)11-7-5-6-8-13(11,3)9-12(14)15-4/h5-9H2,1-4H3. The minimum Gasteiger partial charge on any atom is -0.469 e. The summed E-state index contributed by atoms with van der Waals surface area (Å²) >= 11 is 0. The van der Waals surface area contributed by atoms with Gasteiger partial charge in [0.1, 0.15) is 0 Å². The maximum absolute atomic E-state index is 11.4. The quantitative estimate of drug-likeness (QED) is 0.515. The van der Waals surface area contributed by atoms with Crippen LogP contribution >= 0.6 is 0 Å². The molecule has 0 bridgehead atoms. The molecule has 0 amide bonds. The minimum atomic E-state index is -0.0850. The van der Waals surface area contributed by atoms with Crippen LogP contribution in [0.2, 0.25) is 0 Å². The van der Waals surface area contributed by atoms with Crippen LogP contribution in [0.3, 0.4) is 0 Å². The molecule has 1 aliphatic carbocycles. The summed E-state index contributed by atoms with van der Waals surface area (Å²) in [4.78, 5) is 11.4. The van der Waals surface area contributed by atoms with Gasteiger partial charge in [-0.15, -0.1) is 0 Å². The van der Waals surface area contributed by atoms with Gasteiger partial charge in [-0.25, -0.2) is 0 Å². The Kier molecular flexibility index (Phi) is 3.95. The van der Waals surface area contributed by atoms with E-state index in [0.717, 1.165) is 12.8 Å². The zero-order valence-corrected chi connectivity index (χ0v) is 10.4. The first-order valence-electron chi connectivity index (χ1n) is 5.73. The molecule has 2 nitrogen and oxygen atoms in total. The Balaban J connectivity index is 2.87. The van der Waals surface area contributed by atoms with Gasteiger partial charge in [-0.3, -0.25) is 4.79 Å². The van der Waals surface area contributed by atoms with E-state index in [-0.39, 0.29) is 11.4 Å². The van der Waals surface area contributed by atoms with E-state index in [9.17, 15) is 4.79 Å². The summed E-state index contributed by atoms with van der Waals surface area (Å²) in [5, 5.41) is 0. The van der Waals surface area contributed by atoms with E-state index in [4.69, 9.17) is 4.74 Å². The molecule has 0 aromatic carbocycles. The number of allylic oxidation sites excluding steroid dienone is 2. The zero-order valence-electron chi connectivity index (χ0n) is 10.4. The molecule has 2 heteroatoms. The Morgan fingerprint density at radius 1 is 1.40 bits per heavy atom. The lowest BCUT2D eigenvalue weighted by molar-refractivity contribution is -0.142. The number of carbonyl (C=O) groups excluding carboxylic acids is 1. The van der Waals surface area contributed by atoms with Crippen LogP contribution in [0, 0.1) is 5.41 Å². The Hall–Kier alpha value is -0.790. The molecule has 1 saturated carbocycles. The molecule has 15 heavy (non-hydrogen) atoms. The van der Waals surface area contributed by atoms with E-state index in [2.05, 4.69) is 20.8 Å². The Morgan fingerprint density at radius 2 is 2.07 bits per heavy atom. The van der Waals surface area contributed by atoms with Gasteiger partial charge in [-0.2, -0.15) is 0 Å². The molecule has 0 saturated heterocycles. The number of carbonyl (C=O) groups is 1. The summed E-state index contributed by atoms with van der Waals surface area (Å²) in [6, 6.07) is 0. The molecule has 1 atom stereocenters. The zero-order chi connectivity index (χ0) is 11.5. The fraction of sp³-hybridized carbons (Fsp3) is 0.769. The van der Waals surface area contributed by atoms with Crippen molar-refractivity contribution in [3.05, 3.63) is 11.1 Å². The summed E-state index contributed by atoms with van der Waals surface area (Å²) < 4.78 is 4.78. The van der Waals surface area contributed by atoms with Gasteiger partial charge in [0.25, 0.3) is 0 Å². The molecule has 1 rings (SSSR count). The SMILES string of the molecule is COC(=O)CC1(C)CCCCC1=C(C)C. The first-order chi connectivity index (χ1) is 6.99. The molecule has 86 valence electrons. The summed E-state index contributed by atoms with van der Waals surface area (Å²) in [6.45, 7) is 6.50. The lowest BCUT2D eigenvalue weighted by Crippen LogP contribution is -2.27. The van der Waals surface area contributed by atoms with Gasteiger partial charge in [0.05, 0.1) is 13.5 Å². The molecule has 0 aromatic heterocycles. The minimum absolute atomic E-state index is 0.0458. The van der Waals surface area contributed by atoms with Crippen LogP contribution in [0.15, 0.2) is 11.1 Å². The number of hydrogen-bond donors (Lipinski definition) is 0. The van der Waals surface area contributed by atoms with Crippen LogP contribution in [0.4, 0.5) is 0 Å². The van der Waals surface area contributed by atoms with Gasteiger partial charge >= 0.3 is 5.97 Å². The van der Waals surface area contributed by atoms with E-state index in [1.807, 2.05) is 0 Å². The summed E-state index contributed by atoms with van der Waals surface area (Å²) in [7, 11) is 1.47. The molecule has 0 spiro atoms. The van der Waals surface area contributed by atoms with Crippen molar-refractivity contribution in [3.63, 3.8) is 0 Å². The van der Waals surface area contributed by atoms with Crippen molar-refractivity contribution in [1.82, 2.24) is 0 Å². The molecule has 0 aliphatic heterocycles. The largest absolute Gasteiger partial charge is 0.469 e. The predicted octanol–water partition coefficient (Wildman–Crippen LogP) is 3.47. The molecule has 1 aliphatic rings. The van der Waals surface area contributed by atoms with Crippen molar-refractivity contribution in [1.29, 1.82) is 0 Å². The summed E-state index contributed by atoms with van der Waals surface area (Å²) in [5.74, 6) is -0.0850. The third-order valence-electron chi connectivity index (χ3n) is 3.50. The van der Waals surface area contributed by atoms with Gasteiger partial charge in [-0.1, -0.05) is 24.5 Å². The smallest absolute Gasteiger partial charge is 0.306 e. The van der Waals surface area contributed by atoms with Crippen LogP contribution in [-0.2, 0) is 9.53 Å². The van der Waals surface area contributed by atoms with Crippen LogP contribution in [-0.4, -0.2) is 13.1 Å². The second kappa shape index (κ2) is 4.82. The number of ether oxygens (including phenoxy) is 1. The molecule has 0 aromatic rings. The van der Waals surface area contributed by atoms with Crippen molar-refractivity contribution >= 4 is 5.97 Å². The van der Waals surface area contributed by atoms with E-state index in [1.165, 1.54) is 31.1 Å². The van der Waals surface area contributed by atoms with Crippen LogP contribution in [0.5, 0.6) is 0 Å². The average molecular weight is 210 g/mol. The third-order valence-corrected chi connectivity index (χ3v) is 3.50. The van der Waals surface area contributed by atoms with E-state index < -0.39 is 0 Å². The summed E-state index contributed by atoms with van der Waals surface area (Å²) in [5.41, 5.74) is 2.89. The van der Waals surface area contributed by atoms with Crippen LogP contribution < -0.4 is 0 Å². The number of hydrogen-bond acceptors (Lipinski definition) is 2. The van der Waals surface area contributed by atoms with E-state index >= 15 is 0 Å². The van der Waals surface area contributed by atoms with Crippen LogP contribution in [0.1, 0.15) is 52.9 Å². The maximum Gasteiger partial charge on any atom is 0.306 e. The fourth-order valence-electron chi connectivity index (χ4n) is 2.71. The first-order valence-corrected chi connectivity index (χ1v) is 5.73. The normalized spacial score (nSPS) is 26.3. The molecule has 0 N–H and O–H groups in total. The van der Waals surface area contributed by atoms with Gasteiger partial charge in [0.15, 0.2) is 0 Å². The molecule has 1 fully saturated rings. The second-order valence-electron chi connectivity index (χ2n) is 5.00. The highest BCUT2D eigenvalue weighted by molar-refractivity contribution is 5.70. The topological polar surface area (TPSA) is 26.3 Å². The highest BCUT2D eigenvalue weighted by atomic mass is 16.5. The van der Waals surface area contributed by atoms with E-state index in [0.29, 0.717) is 6.42 Å². The lowest BCUT2D eigenvalue weighted by atomic mass is 9.68. The van der Waals surface area contributed by atoms with Gasteiger partial charge < -0.3 is 4.74 Å². The first kappa shape index (κ1) is 12.3. The third kappa shape index (κ3) is 2.83. The van der Waals surface area contributed by atoms with Crippen LogP contribution in [0.25, 0.3) is 0 Å². The van der Waals surface area contributed by atoms with Gasteiger partial charge in [0, 0.05) is 0 Å². The van der Waals surface area contributed by atoms with E-state index in [1.54, 1.807) is 0 Å². The fourth-order valence-corrected chi connectivity index (χ4v) is 2.71. The van der Waals surface area contributed by atoms with Gasteiger partial charge in [0.2, 0.25) is 0 Å². The van der Waals surface area contributed by atoms with Crippen molar-refractivity contribution in [3.8, 4) is 0 Å². The highest BCUT2D eigenvalue weighted by Crippen LogP contribution is 2.44. The number of rotatable bonds is 2. The Bertz CT molecular complexity index is 274. The van der Waals surface area contributed by atoms with Crippen molar-refractivity contribution < 1.29 is 9.53 Å². The second-order valence-corrected chi connectivity index (χ2v) is 5.00. The molecular formula is C13H22O2.